The number of fused-ring (bicyclic) bond motifs is 1. The summed E-state index contributed by atoms with van der Waals surface area (Å²) in [5, 5.41) is 4.82. The summed E-state index contributed by atoms with van der Waals surface area (Å²) < 4.78 is 2.15. The molecule has 0 amide bonds. The minimum Gasteiger partial charge on any atom is -0.385 e. The van der Waals surface area contributed by atoms with Crippen molar-refractivity contribution in [3.05, 3.63) is 30.5 Å². The van der Waals surface area contributed by atoms with Gasteiger partial charge in [0.25, 0.3) is 0 Å². The zero-order valence-electron chi connectivity index (χ0n) is 9.03. The minimum absolute atomic E-state index is 0.927. The van der Waals surface area contributed by atoms with E-state index in [-0.39, 0.29) is 0 Å². The number of nitrogens with zero attached hydrogens (tertiary/aromatic N) is 1. The van der Waals surface area contributed by atoms with Crippen LogP contribution in [-0.2, 0) is 7.05 Å². The summed E-state index contributed by atoms with van der Waals surface area (Å²) in [6, 6.07) is 8.75. The molecule has 0 aliphatic heterocycles. The predicted molar refractivity (Wildman–Crippen MR) is 64.1 cm³/mol. The SMILES string of the molecule is Cn1ccc2cc(NCC3CC3)ccc21. The van der Waals surface area contributed by atoms with Crippen molar-refractivity contribution in [1.29, 1.82) is 0 Å². The summed E-state index contributed by atoms with van der Waals surface area (Å²) in [7, 11) is 2.08. The second-order valence-electron chi connectivity index (χ2n) is 4.52. The number of hydrogen-bond donors (Lipinski definition) is 1. The Labute approximate surface area is 89.9 Å². The van der Waals surface area contributed by atoms with Gasteiger partial charge in [0.15, 0.2) is 0 Å². The zero-order chi connectivity index (χ0) is 10.3. The van der Waals surface area contributed by atoms with Crippen LogP contribution in [0.4, 0.5) is 5.69 Å². The van der Waals surface area contributed by atoms with Crippen LogP contribution in [0.1, 0.15) is 12.8 Å². The number of hydrogen-bond acceptors (Lipinski definition) is 1. The van der Waals surface area contributed by atoms with E-state index >= 15 is 0 Å². The highest BCUT2D eigenvalue weighted by molar-refractivity contribution is 5.83. The Bertz CT molecular complexity index is 480. The van der Waals surface area contributed by atoms with Crippen LogP contribution in [0.3, 0.4) is 0 Å². The van der Waals surface area contributed by atoms with Crippen molar-refractivity contribution in [1.82, 2.24) is 4.57 Å². The van der Waals surface area contributed by atoms with Crippen LogP contribution in [0.2, 0.25) is 0 Å². The second kappa shape index (κ2) is 3.30. The monoisotopic (exact) mass is 200 g/mol. The van der Waals surface area contributed by atoms with Crippen LogP contribution in [0, 0.1) is 5.92 Å². The Morgan fingerprint density at radius 1 is 1.33 bits per heavy atom. The molecule has 2 aromatic rings. The number of benzene rings is 1. The molecular formula is C13H16N2. The molecule has 0 unspecified atom stereocenters. The Hall–Kier alpha value is -1.44. The maximum Gasteiger partial charge on any atom is 0.0479 e. The van der Waals surface area contributed by atoms with Crippen molar-refractivity contribution < 1.29 is 0 Å². The first-order valence-electron chi connectivity index (χ1n) is 5.62. The van der Waals surface area contributed by atoms with Crippen LogP contribution in [-0.4, -0.2) is 11.1 Å². The molecule has 1 fully saturated rings. The molecule has 0 spiro atoms. The Morgan fingerprint density at radius 2 is 2.20 bits per heavy atom. The lowest BCUT2D eigenvalue weighted by Crippen LogP contribution is -2.02. The normalized spacial score (nSPS) is 15.8. The van der Waals surface area contributed by atoms with Crippen LogP contribution >= 0.6 is 0 Å². The van der Waals surface area contributed by atoms with Crippen molar-refractivity contribution in [2.75, 3.05) is 11.9 Å². The van der Waals surface area contributed by atoms with Gasteiger partial charge in [0, 0.05) is 36.4 Å². The van der Waals surface area contributed by atoms with Gasteiger partial charge in [-0.2, -0.15) is 0 Å². The van der Waals surface area contributed by atoms with E-state index in [2.05, 4.69) is 47.4 Å². The molecule has 1 heterocycles. The summed E-state index contributed by atoms with van der Waals surface area (Å²) in [5.41, 5.74) is 2.55. The average molecular weight is 200 g/mol. The van der Waals surface area contributed by atoms with Crippen molar-refractivity contribution in [3.8, 4) is 0 Å². The van der Waals surface area contributed by atoms with Crippen LogP contribution < -0.4 is 5.32 Å². The van der Waals surface area contributed by atoms with E-state index in [0.717, 1.165) is 12.5 Å². The summed E-state index contributed by atoms with van der Waals surface area (Å²) >= 11 is 0. The van der Waals surface area contributed by atoms with E-state index in [1.807, 2.05) is 0 Å². The van der Waals surface area contributed by atoms with Gasteiger partial charge in [-0.3, -0.25) is 0 Å². The molecule has 3 rings (SSSR count). The van der Waals surface area contributed by atoms with Crippen LogP contribution in [0.25, 0.3) is 10.9 Å². The maximum absolute atomic E-state index is 3.50. The van der Waals surface area contributed by atoms with E-state index in [1.54, 1.807) is 0 Å². The lowest BCUT2D eigenvalue weighted by molar-refractivity contribution is 0.889. The van der Waals surface area contributed by atoms with Crippen LogP contribution in [0.15, 0.2) is 30.5 Å². The lowest BCUT2D eigenvalue weighted by atomic mass is 10.2. The van der Waals surface area contributed by atoms with Gasteiger partial charge >= 0.3 is 0 Å². The van der Waals surface area contributed by atoms with Gasteiger partial charge in [-0.25, -0.2) is 0 Å². The standard InChI is InChI=1S/C13H16N2/c1-15-7-6-11-8-12(4-5-13(11)15)14-9-10-2-3-10/h4-8,10,14H,2-3,9H2,1H3. The van der Waals surface area contributed by atoms with Gasteiger partial charge in [-0.1, -0.05) is 0 Å². The van der Waals surface area contributed by atoms with Crippen LogP contribution in [0.5, 0.6) is 0 Å². The fourth-order valence-corrected chi connectivity index (χ4v) is 1.98. The highest BCUT2D eigenvalue weighted by Crippen LogP contribution is 2.29. The van der Waals surface area contributed by atoms with E-state index in [9.17, 15) is 0 Å². The molecule has 0 atom stereocenters. The lowest BCUT2D eigenvalue weighted by Gasteiger charge is -2.05. The average Bonchev–Trinajstić information content (AvgIpc) is 3.01. The van der Waals surface area contributed by atoms with Gasteiger partial charge < -0.3 is 9.88 Å². The third-order valence-electron chi connectivity index (χ3n) is 3.18. The highest BCUT2D eigenvalue weighted by Gasteiger charge is 2.20. The first-order valence-corrected chi connectivity index (χ1v) is 5.62. The molecule has 78 valence electrons. The quantitative estimate of drug-likeness (QED) is 0.806. The Kier molecular flexibility index (Phi) is 1.94. The topological polar surface area (TPSA) is 17.0 Å². The summed E-state index contributed by atoms with van der Waals surface area (Å²) in [6.07, 6.45) is 4.91. The maximum atomic E-state index is 3.50. The first kappa shape index (κ1) is 8.84. The summed E-state index contributed by atoms with van der Waals surface area (Å²) in [5.74, 6) is 0.927. The second-order valence-corrected chi connectivity index (χ2v) is 4.52. The summed E-state index contributed by atoms with van der Waals surface area (Å²) in [4.78, 5) is 0. The Morgan fingerprint density at radius 3 is 3.00 bits per heavy atom. The highest BCUT2D eigenvalue weighted by atomic mass is 14.9. The van der Waals surface area contributed by atoms with Gasteiger partial charge in [0.1, 0.15) is 0 Å². The Balaban J connectivity index is 1.85. The molecule has 1 aromatic carbocycles. The zero-order valence-corrected chi connectivity index (χ0v) is 9.03. The molecule has 0 bridgehead atoms. The van der Waals surface area contributed by atoms with Gasteiger partial charge in [0.2, 0.25) is 0 Å². The molecular weight excluding hydrogens is 184 g/mol. The van der Waals surface area contributed by atoms with Gasteiger partial charge in [0.05, 0.1) is 0 Å². The number of rotatable bonds is 3. The van der Waals surface area contributed by atoms with Crippen molar-refractivity contribution >= 4 is 16.6 Å². The predicted octanol–water partition coefficient (Wildman–Crippen LogP) is 3.00. The molecule has 1 aliphatic carbocycles. The minimum atomic E-state index is 0.927. The van der Waals surface area contributed by atoms with Crippen molar-refractivity contribution in [2.24, 2.45) is 13.0 Å². The molecule has 1 saturated carbocycles. The van der Waals surface area contributed by atoms with Gasteiger partial charge in [-0.05, 0) is 43.0 Å². The molecule has 2 heteroatoms. The van der Waals surface area contributed by atoms with E-state index in [1.165, 1.54) is 29.4 Å². The molecule has 0 saturated heterocycles. The van der Waals surface area contributed by atoms with Crippen molar-refractivity contribution in [2.45, 2.75) is 12.8 Å². The molecule has 1 aliphatic rings. The first-order chi connectivity index (χ1) is 7.33. The fraction of sp³-hybridized carbons (Fsp3) is 0.385. The molecule has 1 N–H and O–H groups in total. The van der Waals surface area contributed by atoms with E-state index in [0.29, 0.717) is 0 Å². The molecule has 1 aromatic heterocycles. The smallest absolute Gasteiger partial charge is 0.0479 e. The molecule has 2 nitrogen and oxygen atoms in total. The van der Waals surface area contributed by atoms with Crippen molar-refractivity contribution in [3.63, 3.8) is 0 Å². The fourth-order valence-electron chi connectivity index (χ4n) is 1.98. The van der Waals surface area contributed by atoms with Gasteiger partial charge in [-0.15, -0.1) is 0 Å². The molecule has 0 radical (unpaired) electrons. The third-order valence-corrected chi connectivity index (χ3v) is 3.18. The number of aromatic nitrogens is 1. The number of anilines is 1. The third kappa shape index (κ3) is 1.72. The largest absolute Gasteiger partial charge is 0.385 e. The van der Waals surface area contributed by atoms with E-state index < -0.39 is 0 Å². The number of nitrogens with one attached hydrogen (secondary N) is 1. The summed E-state index contributed by atoms with van der Waals surface area (Å²) in [6.45, 7) is 1.14. The molecule has 15 heavy (non-hydrogen) atoms. The van der Waals surface area contributed by atoms with E-state index in [4.69, 9.17) is 0 Å². The number of aryl methyl sites for hydroxylation is 1.